The molecule has 5 heteroatoms. The molecule has 3 rings (SSSR count). The van der Waals surface area contributed by atoms with Crippen LogP contribution in [0.25, 0.3) is 16.0 Å². The Morgan fingerprint density at radius 3 is 2.63 bits per heavy atom. The fourth-order valence-electron chi connectivity index (χ4n) is 2.07. The lowest BCUT2D eigenvalue weighted by Gasteiger charge is -2.11. The van der Waals surface area contributed by atoms with Gasteiger partial charge in [-0.05, 0) is 30.7 Å². The van der Waals surface area contributed by atoms with E-state index >= 15 is 0 Å². The highest BCUT2D eigenvalue weighted by Gasteiger charge is 2.23. The number of rotatable bonds is 2. The summed E-state index contributed by atoms with van der Waals surface area (Å²) in [5.74, 6) is -0.413. The number of aromatic hydroxyl groups is 1. The average Bonchev–Trinajstić information content (AvgIpc) is 2.88. The molecule has 0 radical (unpaired) electrons. The summed E-state index contributed by atoms with van der Waals surface area (Å²) < 4.78 is 0. The molecule has 1 aromatic heterocycles. The first kappa shape index (κ1) is 11.9. The van der Waals surface area contributed by atoms with Crippen molar-refractivity contribution >= 4 is 16.9 Å². The summed E-state index contributed by atoms with van der Waals surface area (Å²) in [6.45, 7) is 2.76. The van der Waals surface area contributed by atoms with E-state index in [1.807, 2.05) is 19.1 Å². The fraction of sp³-hybridized carbons (Fsp3) is 0.143. The van der Waals surface area contributed by atoms with Gasteiger partial charge in [0, 0.05) is 22.0 Å². The van der Waals surface area contributed by atoms with E-state index < -0.39 is 16.6 Å². The van der Waals surface area contributed by atoms with Crippen molar-refractivity contribution in [2.75, 3.05) is 6.54 Å². The molecule has 1 aliphatic heterocycles. The van der Waals surface area contributed by atoms with Crippen molar-refractivity contribution in [1.82, 2.24) is 5.32 Å². The molecule has 0 spiro atoms. The van der Waals surface area contributed by atoms with Crippen LogP contribution in [0.15, 0.2) is 39.6 Å². The summed E-state index contributed by atoms with van der Waals surface area (Å²) in [5, 5.41) is 12.6. The largest absolute Gasteiger partial charge is 0.503 e. The highest BCUT2D eigenvalue weighted by molar-refractivity contribution is 7.16. The van der Waals surface area contributed by atoms with Crippen LogP contribution < -0.4 is 16.2 Å². The van der Waals surface area contributed by atoms with Gasteiger partial charge in [0.1, 0.15) is 0 Å². The maximum atomic E-state index is 11.4. The predicted molar refractivity (Wildman–Crippen MR) is 76.1 cm³/mol. The topological polar surface area (TPSA) is 66.4 Å². The number of nitrogens with one attached hydrogen (secondary N) is 1. The van der Waals surface area contributed by atoms with Crippen LogP contribution >= 0.6 is 11.3 Å². The summed E-state index contributed by atoms with van der Waals surface area (Å²) in [4.78, 5) is 24.1. The fourth-order valence-corrected chi connectivity index (χ4v) is 3.13. The molecule has 0 bridgehead atoms. The summed E-state index contributed by atoms with van der Waals surface area (Å²) in [7, 11) is 0. The second-order valence-corrected chi connectivity index (χ2v) is 5.50. The van der Waals surface area contributed by atoms with Gasteiger partial charge in [0.15, 0.2) is 5.75 Å². The highest BCUT2D eigenvalue weighted by Crippen LogP contribution is 2.35. The van der Waals surface area contributed by atoms with Crippen LogP contribution in [0.3, 0.4) is 0 Å². The van der Waals surface area contributed by atoms with E-state index in [1.165, 1.54) is 11.3 Å². The minimum Gasteiger partial charge on any atom is -0.503 e. The first-order valence-corrected chi connectivity index (χ1v) is 6.65. The molecule has 0 saturated carbocycles. The SMILES string of the molecule is CC1=CC(c2ccc(-c3c(O)c(=O)c3=O)s2)=CCN1. The molecule has 96 valence electrons. The van der Waals surface area contributed by atoms with Crippen molar-refractivity contribution in [3.63, 3.8) is 0 Å². The third-order valence-corrected chi connectivity index (χ3v) is 4.25. The first-order valence-electron chi connectivity index (χ1n) is 5.83. The Hall–Kier alpha value is -2.14. The second kappa shape index (κ2) is 4.20. The third kappa shape index (κ3) is 1.82. The molecule has 19 heavy (non-hydrogen) atoms. The zero-order chi connectivity index (χ0) is 13.6. The van der Waals surface area contributed by atoms with E-state index in [1.54, 1.807) is 6.07 Å². The van der Waals surface area contributed by atoms with Crippen molar-refractivity contribution in [1.29, 1.82) is 0 Å². The van der Waals surface area contributed by atoms with Gasteiger partial charge in [0.25, 0.3) is 5.43 Å². The maximum absolute atomic E-state index is 11.4. The molecule has 0 unspecified atom stereocenters. The van der Waals surface area contributed by atoms with Crippen molar-refractivity contribution in [2.45, 2.75) is 6.92 Å². The average molecular weight is 273 g/mol. The molecule has 0 fully saturated rings. The summed E-state index contributed by atoms with van der Waals surface area (Å²) in [6, 6.07) is 3.67. The van der Waals surface area contributed by atoms with Gasteiger partial charge in [-0.3, -0.25) is 9.59 Å². The maximum Gasteiger partial charge on any atom is 0.268 e. The molecule has 2 heterocycles. The number of hydrogen-bond donors (Lipinski definition) is 2. The smallest absolute Gasteiger partial charge is 0.268 e. The molecular weight excluding hydrogens is 262 g/mol. The Morgan fingerprint density at radius 2 is 1.95 bits per heavy atom. The van der Waals surface area contributed by atoms with Crippen LogP contribution in [-0.4, -0.2) is 11.7 Å². The summed E-state index contributed by atoms with van der Waals surface area (Å²) >= 11 is 1.40. The van der Waals surface area contributed by atoms with E-state index in [0.717, 1.165) is 22.7 Å². The third-order valence-electron chi connectivity index (χ3n) is 3.10. The minimum absolute atomic E-state index is 0.150. The monoisotopic (exact) mass is 273 g/mol. The van der Waals surface area contributed by atoms with Gasteiger partial charge in [-0.25, -0.2) is 0 Å². The van der Waals surface area contributed by atoms with Gasteiger partial charge >= 0.3 is 0 Å². The molecule has 0 saturated heterocycles. The van der Waals surface area contributed by atoms with E-state index in [9.17, 15) is 14.7 Å². The number of hydrogen-bond acceptors (Lipinski definition) is 5. The quantitative estimate of drug-likeness (QED) is 0.816. The number of dihydropyridines is 1. The zero-order valence-corrected chi connectivity index (χ0v) is 11.0. The van der Waals surface area contributed by atoms with Crippen LogP contribution in [0.1, 0.15) is 11.8 Å². The minimum atomic E-state index is -0.790. The second-order valence-electron chi connectivity index (χ2n) is 4.41. The van der Waals surface area contributed by atoms with E-state index in [4.69, 9.17) is 0 Å². The van der Waals surface area contributed by atoms with Gasteiger partial charge in [0.05, 0.1) is 5.56 Å². The van der Waals surface area contributed by atoms with Crippen molar-refractivity contribution in [3.05, 3.63) is 55.3 Å². The Bertz CT molecular complexity index is 788. The molecule has 4 nitrogen and oxygen atoms in total. The van der Waals surface area contributed by atoms with Crippen LogP contribution in [0.2, 0.25) is 0 Å². The molecule has 0 aliphatic carbocycles. The normalized spacial score (nSPS) is 15.0. The molecule has 1 aliphatic rings. The van der Waals surface area contributed by atoms with Crippen molar-refractivity contribution in [3.8, 4) is 16.2 Å². The van der Waals surface area contributed by atoms with E-state index in [-0.39, 0.29) is 5.56 Å². The zero-order valence-electron chi connectivity index (χ0n) is 10.2. The molecular formula is C14H11NO3S. The van der Waals surface area contributed by atoms with Crippen LogP contribution in [0.4, 0.5) is 0 Å². The lowest BCUT2D eigenvalue weighted by atomic mass is 10.1. The van der Waals surface area contributed by atoms with Gasteiger partial charge in [0.2, 0.25) is 5.43 Å². The number of allylic oxidation sites excluding steroid dienone is 3. The standard InChI is InChI=1S/C14H11NO3S/c1-7-6-8(4-5-15-7)9-2-3-10(19-9)11-12(16)14(18)13(11)17/h2-4,6,15-16H,5H2,1H3. The van der Waals surface area contributed by atoms with E-state index in [0.29, 0.717) is 4.88 Å². The van der Waals surface area contributed by atoms with Crippen LogP contribution in [-0.2, 0) is 0 Å². The van der Waals surface area contributed by atoms with Crippen molar-refractivity contribution < 1.29 is 5.11 Å². The van der Waals surface area contributed by atoms with Gasteiger partial charge < -0.3 is 10.4 Å². The lowest BCUT2D eigenvalue weighted by Crippen LogP contribution is -2.31. The van der Waals surface area contributed by atoms with Gasteiger partial charge in [-0.15, -0.1) is 11.3 Å². The van der Waals surface area contributed by atoms with E-state index in [2.05, 4.69) is 11.4 Å². The Kier molecular flexibility index (Phi) is 2.64. The summed E-state index contributed by atoms with van der Waals surface area (Å²) in [6.07, 6.45) is 4.09. The predicted octanol–water partition coefficient (Wildman–Crippen LogP) is 1.61. The van der Waals surface area contributed by atoms with Crippen LogP contribution in [0.5, 0.6) is 5.75 Å². The van der Waals surface area contributed by atoms with Gasteiger partial charge in [-0.2, -0.15) is 0 Å². The molecule has 2 aromatic rings. The van der Waals surface area contributed by atoms with Crippen molar-refractivity contribution in [2.24, 2.45) is 0 Å². The Balaban J connectivity index is 2.00. The first-order chi connectivity index (χ1) is 9.08. The molecule has 0 atom stereocenters. The Morgan fingerprint density at radius 1 is 1.21 bits per heavy atom. The lowest BCUT2D eigenvalue weighted by molar-refractivity contribution is 0.466. The highest BCUT2D eigenvalue weighted by atomic mass is 32.1. The summed E-state index contributed by atoms with van der Waals surface area (Å²) in [5.41, 5.74) is 0.935. The molecule has 1 aromatic carbocycles. The Labute approximate surface area is 113 Å². The van der Waals surface area contributed by atoms with Crippen LogP contribution in [0, 0.1) is 0 Å². The molecule has 0 amide bonds. The van der Waals surface area contributed by atoms with Gasteiger partial charge in [-0.1, -0.05) is 6.08 Å². The number of thiophene rings is 1. The molecule has 2 N–H and O–H groups in total.